The van der Waals surface area contributed by atoms with E-state index in [1.165, 1.54) is 0 Å². The van der Waals surface area contributed by atoms with Crippen molar-refractivity contribution in [2.45, 2.75) is 46.6 Å². The fraction of sp³-hybridized carbons (Fsp3) is 0.900. The molecule has 0 aliphatic heterocycles. The summed E-state index contributed by atoms with van der Waals surface area (Å²) in [4.78, 5) is 10.1. The Morgan fingerprint density at radius 2 is 1.75 bits per heavy atom. The van der Waals surface area contributed by atoms with Crippen LogP contribution in [0.2, 0.25) is 0 Å². The van der Waals surface area contributed by atoms with Crippen molar-refractivity contribution in [1.82, 2.24) is 0 Å². The van der Waals surface area contributed by atoms with Crippen molar-refractivity contribution < 1.29 is 9.53 Å². The third-order valence-corrected chi connectivity index (χ3v) is 2.00. The molecule has 1 atom stereocenters. The number of carbonyl (C=O) groups is 1. The Morgan fingerprint density at radius 1 is 1.17 bits per heavy atom. The van der Waals surface area contributed by atoms with E-state index in [0.29, 0.717) is 18.3 Å². The standard InChI is InChI=1S/C10H20O2/c1-8(2)5-6-10(9(3)4)12-7-11/h7-10H,5-6H2,1-4H3. The van der Waals surface area contributed by atoms with E-state index in [4.69, 9.17) is 4.74 Å². The summed E-state index contributed by atoms with van der Waals surface area (Å²) in [6.07, 6.45) is 2.20. The van der Waals surface area contributed by atoms with Crippen LogP contribution in [0.15, 0.2) is 0 Å². The van der Waals surface area contributed by atoms with E-state index in [1.807, 2.05) is 0 Å². The van der Waals surface area contributed by atoms with Crippen LogP contribution in [0.1, 0.15) is 40.5 Å². The summed E-state index contributed by atoms with van der Waals surface area (Å²) in [5.41, 5.74) is 0. The highest BCUT2D eigenvalue weighted by Gasteiger charge is 2.13. The van der Waals surface area contributed by atoms with Crippen molar-refractivity contribution >= 4 is 6.47 Å². The van der Waals surface area contributed by atoms with Crippen LogP contribution in [-0.4, -0.2) is 12.6 Å². The molecule has 0 rings (SSSR count). The molecule has 0 amide bonds. The summed E-state index contributed by atoms with van der Waals surface area (Å²) in [7, 11) is 0. The molecule has 0 aliphatic carbocycles. The largest absolute Gasteiger partial charge is 0.464 e. The van der Waals surface area contributed by atoms with Crippen molar-refractivity contribution in [2.75, 3.05) is 0 Å². The van der Waals surface area contributed by atoms with Gasteiger partial charge in [-0.3, -0.25) is 4.79 Å². The van der Waals surface area contributed by atoms with E-state index in [2.05, 4.69) is 27.7 Å². The average Bonchev–Trinajstić information content (AvgIpc) is 1.96. The van der Waals surface area contributed by atoms with Crippen LogP contribution in [0.25, 0.3) is 0 Å². The number of hydrogen-bond donors (Lipinski definition) is 0. The first-order valence-corrected chi connectivity index (χ1v) is 4.67. The summed E-state index contributed by atoms with van der Waals surface area (Å²) in [5, 5.41) is 0. The van der Waals surface area contributed by atoms with E-state index in [-0.39, 0.29) is 6.10 Å². The Kier molecular flexibility index (Phi) is 5.77. The lowest BCUT2D eigenvalue weighted by Gasteiger charge is -2.19. The van der Waals surface area contributed by atoms with Gasteiger partial charge in [-0.05, 0) is 24.7 Å². The topological polar surface area (TPSA) is 26.3 Å². The monoisotopic (exact) mass is 172 g/mol. The summed E-state index contributed by atoms with van der Waals surface area (Å²) < 4.78 is 4.97. The Labute approximate surface area is 75.3 Å². The Hall–Kier alpha value is -0.530. The second kappa shape index (κ2) is 6.04. The summed E-state index contributed by atoms with van der Waals surface area (Å²) >= 11 is 0. The fourth-order valence-corrected chi connectivity index (χ4v) is 1.13. The van der Waals surface area contributed by atoms with Gasteiger partial charge in [0.25, 0.3) is 6.47 Å². The molecule has 0 spiro atoms. The molecule has 0 fully saturated rings. The molecule has 12 heavy (non-hydrogen) atoms. The van der Waals surface area contributed by atoms with E-state index in [9.17, 15) is 4.79 Å². The number of hydrogen-bond acceptors (Lipinski definition) is 2. The minimum atomic E-state index is 0.102. The molecule has 2 nitrogen and oxygen atoms in total. The van der Waals surface area contributed by atoms with Crippen LogP contribution in [0.4, 0.5) is 0 Å². The van der Waals surface area contributed by atoms with E-state index >= 15 is 0 Å². The van der Waals surface area contributed by atoms with Gasteiger partial charge in [-0.2, -0.15) is 0 Å². The van der Waals surface area contributed by atoms with Crippen molar-refractivity contribution in [3.8, 4) is 0 Å². The third kappa shape index (κ3) is 5.16. The number of carbonyl (C=O) groups excluding carboxylic acids is 1. The van der Waals surface area contributed by atoms with E-state index in [0.717, 1.165) is 12.8 Å². The van der Waals surface area contributed by atoms with E-state index < -0.39 is 0 Å². The third-order valence-electron chi connectivity index (χ3n) is 2.00. The van der Waals surface area contributed by atoms with Gasteiger partial charge in [0.1, 0.15) is 6.10 Å². The highest BCUT2D eigenvalue weighted by molar-refractivity contribution is 5.37. The number of rotatable bonds is 6. The zero-order valence-electron chi connectivity index (χ0n) is 8.54. The maximum atomic E-state index is 10.1. The summed E-state index contributed by atoms with van der Waals surface area (Å²) in [6.45, 7) is 9.07. The second-order valence-electron chi connectivity index (χ2n) is 3.99. The summed E-state index contributed by atoms with van der Waals surface area (Å²) in [6, 6.07) is 0. The lowest BCUT2D eigenvalue weighted by Crippen LogP contribution is -2.19. The molecule has 0 heterocycles. The van der Waals surface area contributed by atoms with Crippen LogP contribution in [0, 0.1) is 11.8 Å². The SMILES string of the molecule is CC(C)CCC(OC=O)C(C)C. The zero-order chi connectivity index (χ0) is 9.56. The van der Waals surface area contributed by atoms with Gasteiger partial charge >= 0.3 is 0 Å². The van der Waals surface area contributed by atoms with Crippen LogP contribution in [-0.2, 0) is 9.53 Å². The minimum Gasteiger partial charge on any atom is -0.464 e. The Morgan fingerprint density at radius 3 is 2.08 bits per heavy atom. The maximum Gasteiger partial charge on any atom is 0.293 e. The zero-order valence-corrected chi connectivity index (χ0v) is 8.54. The predicted octanol–water partition coefficient (Wildman–Crippen LogP) is 2.62. The lowest BCUT2D eigenvalue weighted by atomic mass is 9.98. The molecule has 1 unspecified atom stereocenters. The first-order valence-electron chi connectivity index (χ1n) is 4.67. The smallest absolute Gasteiger partial charge is 0.293 e. The van der Waals surface area contributed by atoms with Crippen LogP contribution in [0.5, 0.6) is 0 Å². The molecule has 0 saturated heterocycles. The lowest BCUT2D eigenvalue weighted by molar-refractivity contribution is -0.136. The van der Waals surface area contributed by atoms with Crippen LogP contribution in [0.3, 0.4) is 0 Å². The fourth-order valence-electron chi connectivity index (χ4n) is 1.13. The van der Waals surface area contributed by atoms with Gasteiger partial charge in [0.05, 0.1) is 0 Å². The molecular formula is C10H20O2. The molecule has 0 aromatic rings. The minimum absolute atomic E-state index is 0.102. The molecule has 0 aromatic heterocycles. The second-order valence-corrected chi connectivity index (χ2v) is 3.99. The van der Waals surface area contributed by atoms with Crippen molar-refractivity contribution in [1.29, 1.82) is 0 Å². The van der Waals surface area contributed by atoms with Gasteiger partial charge in [-0.1, -0.05) is 27.7 Å². The highest BCUT2D eigenvalue weighted by atomic mass is 16.5. The molecule has 72 valence electrons. The van der Waals surface area contributed by atoms with Crippen molar-refractivity contribution in [3.05, 3.63) is 0 Å². The first-order chi connectivity index (χ1) is 5.57. The van der Waals surface area contributed by atoms with Crippen LogP contribution < -0.4 is 0 Å². The van der Waals surface area contributed by atoms with Crippen molar-refractivity contribution in [3.63, 3.8) is 0 Å². The molecule has 2 heteroatoms. The van der Waals surface area contributed by atoms with Gasteiger partial charge < -0.3 is 4.74 Å². The Balaban J connectivity index is 3.70. The summed E-state index contributed by atoms with van der Waals surface area (Å²) in [5.74, 6) is 1.11. The first kappa shape index (κ1) is 11.5. The molecule has 0 bridgehead atoms. The molecule has 0 aromatic carbocycles. The van der Waals surface area contributed by atoms with E-state index in [1.54, 1.807) is 0 Å². The van der Waals surface area contributed by atoms with Gasteiger partial charge in [-0.15, -0.1) is 0 Å². The highest BCUT2D eigenvalue weighted by Crippen LogP contribution is 2.15. The van der Waals surface area contributed by atoms with Gasteiger partial charge in [0.15, 0.2) is 0 Å². The molecule has 0 saturated carbocycles. The van der Waals surface area contributed by atoms with Gasteiger partial charge in [0, 0.05) is 0 Å². The Bertz CT molecular complexity index is 119. The van der Waals surface area contributed by atoms with Crippen molar-refractivity contribution in [2.24, 2.45) is 11.8 Å². The molecule has 0 N–H and O–H groups in total. The quantitative estimate of drug-likeness (QED) is 0.576. The van der Waals surface area contributed by atoms with Gasteiger partial charge in [0.2, 0.25) is 0 Å². The predicted molar refractivity (Wildman–Crippen MR) is 49.8 cm³/mol. The maximum absolute atomic E-state index is 10.1. The molecule has 0 radical (unpaired) electrons. The van der Waals surface area contributed by atoms with Crippen LogP contribution >= 0.6 is 0 Å². The normalized spacial score (nSPS) is 13.5. The van der Waals surface area contributed by atoms with Gasteiger partial charge in [-0.25, -0.2) is 0 Å². The molecule has 0 aliphatic rings. The molecular weight excluding hydrogens is 152 g/mol. The average molecular weight is 172 g/mol. The number of ether oxygens (including phenoxy) is 1.